The van der Waals surface area contributed by atoms with Crippen LogP contribution in [0.4, 0.5) is 9.59 Å². The molecule has 2 atom stereocenters. The van der Waals surface area contributed by atoms with Crippen molar-refractivity contribution in [1.29, 1.82) is 0 Å². The number of ketones is 1. The first-order valence-electron chi connectivity index (χ1n) is 10.4. The average molecular weight is 397 g/mol. The lowest BCUT2D eigenvalue weighted by atomic mass is 9.83. The number of rotatable bonds is 2. The van der Waals surface area contributed by atoms with Gasteiger partial charge in [-0.15, -0.1) is 0 Å². The minimum absolute atomic E-state index is 0.154. The molecule has 0 aromatic carbocycles. The van der Waals surface area contributed by atoms with E-state index in [4.69, 9.17) is 9.47 Å². The number of hydrogen-bond acceptors (Lipinski definition) is 5. The molecule has 2 aliphatic heterocycles. The second-order valence-corrected chi connectivity index (χ2v) is 9.93. The van der Waals surface area contributed by atoms with E-state index >= 15 is 0 Å². The molecule has 2 amide bonds. The Bertz CT molecular complexity index is 541. The molecule has 0 aromatic heterocycles. The molecule has 0 spiro atoms. The Kier molecular flexibility index (Phi) is 6.99. The van der Waals surface area contributed by atoms with E-state index in [-0.39, 0.29) is 29.8 Å². The zero-order valence-corrected chi connectivity index (χ0v) is 18.2. The summed E-state index contributed by atoms with van der Waals surface area (Å²) in [5.74, 6) is -0.226. The number of amides is 2. The van der Waals surface area contributed by atoms with E-state index in [0.29, 0.717) is 26.2 Å². The summed E-state index contributed by atoms with van der Waals surface area (Å²) in [5, 5.41) is 0. The van der Waals surface area contributed by atoms with Gasteiger partial charge in [-0.1, -0.05) is 0 Å². The van der Waals surface area contributed by atoms with E-state index in [1.807, 2.05) is 41.5 Å². The first-order chi connectivity index (χ1) is 12.9. The van der Waals surface area contributed by atoms with E-state index in [9.17, 15) is 14.4 Å². The van der Waals surface area contributed by atoms with Crippen molar-refractivity contribution in [2.75, 3.05) is 26.2 Å². The summed E-state index contributed by atoms with van der Waals surface area (Å²) in [4.78, 5) is 41.1. The second kappa shape index (κ2) is 8.70. The third-order valence-electron chi connectivity index (χ3n) is 4.95. The normalized spacial score (nSPS) is 23.9. The van der Waals surface area contributed by atoms with Crippen molar-refractivity contribution in [3.8, 4) is 0 Å². The maximum Gasteiger partial charge on any atom is 0.410 e. The highest BCUT2D eigenvalue weighted by Crippen LogP contribution is 2.27. The predicted molar refractivity (Wildman–Crippen MR) is 106 cm³/mol. The van der Waals surface area contributed by atoms with Crippen LogP contribution in [0.25, 0.3) is 0 Å². The Morgan fingerprint density at radius 1 is 0.714 bits per heavy atom. The summed E-state index contributed by atoms with van der Waals surface area (Å²) in [7, 11) is 0. The molecule has 0 saturated carbocycles. The van der Waals surface area contributed by atoms with Crippen LogP contribution in [0.3, 0.4) is 0 Å². The van der Waals surface area contributed by atoms with Crippen LogP contribution in [0.15, 0.2) is 0 Å². The van der Waals surface area contributed by atoms with Crippen LogP contribution in [0, 0.1) is 11.8 Å². The Morgan fingerprint density at radius 2 is 1.07 bits per heavy atom. The fourth-order valence-electron chi connectivity index (χ4n) is 3.74. The van der Waals surface area contributed by atoms with Crippen molar-refractivity contribution in [2.45, 2.75) is 78.4 Å². The molecule has 28 heavy (non-hydrogen) atoms. The highest BCUT2D eigenvalue weighted by atomic mass is 16.6. The van der Waals surface area contributed by atoms with Crippen LogP contribution in [0.2, 0.25) is 0 Å². The fourth-order valence-corrected chi connectivity index (χ4v) is 3.74. The number of ether oxygens (including phenoxy) is 2. The smallest absolute Gasteiger partial charge is 0.410 e. The predicted octanol–water partition coefficient (Wildman–Crippen LogP) is 3.85. The van der Waals surface area contributed by atoms with Crippen LogP contribution in [-0.2, 0) is 14.3 Å². The van der Waals surface area contributed by atoms with Gasteiger partial charge in [-0.25, -0.2) is 9.59 Å². The molecule has 0 aromatic rings. The molecule has 2 aliphatic rings. The van der Waals surface area contributed by atoms with Crippen LogP contribution in [0.5, 0.6) is 0 Å². The number of carbonyl (C=O) groups is 3. The quantitative estimate of drug-likeness (QED) is 0.709. The molecule has 0 N–H and O–H groups in total. The third-order valence-corrected chi connectivity index (χ3v) is 4.95. The Labute approximate surface area is 168 Å². The minimum atomic E-state index is -0.550. The van der Waals surface area contributed by atoms with Crippen LogP contribution in [-0.4, -0.2) is 65.2 Å². The molecule has 0 aliphatic carbocycles. The van der Waals surface area contributed by atoms with Crippen molar-refractivity contribution in [3.63, 3.8) is 0 Å². The molecule has 2 unspecified atom stereocenters. The number of carbonyl (C=O) groups excluding carboxylic acids is 3. The van der Waals surface area contributed by atoms with Crippen molar-refractivity contribution in [2.24, 2.45) is 11.8 Å². The van der Waals surface area contributed by atoms with E-state index in [2.05, 4.69) is 0 Å². The number of likely N-dealkylation sites (tertiary alicyclic amines) is 2. The van der Waals surface area contributed by atoms with Gasteiger partial charge >= 0.3 is 12.2 Å². The summed E-state index contributed by atoms with van der Waals surface area (Å²) >= 11 is 0. The topological polar surface area (TPSA) is 76.2 Å². The molecule has 0 radical (unpaired) electrons. The lowest BCUT2D eigenvalue weighted by molar-refractivity contribution is -0.129. The maximum absolute atomic E-state index is 13.1. The molecule has 2 rings (SSSR count). The maximum atomic E-state index is 13.1. The first kappa shape index (κ1) is 22.5. The third kappa shape index (κ3) is 6.67. The molecule has 2 heterocycles. The summed E-state index contributed by atoms with van der Waals surface area (Å²) < 4.78 is 10.9. The Balaban J connectivity index is 1.95. The highest BCUT2D eigenvalue weighted by molar-refractivity contribution is 5.85. The van der Waals surface area contributed by atoms with Gasteiger partial charge in [-0.2, -0.15) is 0 Å². The standard InChI is InChI=1S/C21H36N2O5/c1-20(2,3)27-18(25)22-11-7-9-15(13-22)17(24)16-10-8-12-23(14-16)19(26)28-21(4,5)6/h15-16H,7-14H2,1-6H3. The second-order valence-electron chi connectivity index (χ2n) is 9.93. The fraction of sp³-hybridized carbons (Fsp3) is 0.857. The van der Waals surface area contributed by atoms with Crippen molar-refractivity contribution >= 4 is 18.0 Å². The summed E-state index contributed by atoms with van der Waals surface area (Å²) in [6.07, 6.45) is 2.42. The van der Waals surface area contributed by atoms with Gasteiger partial charge in [0, 0.05) is 38.0 Å². The van der Waals surface area contributed by atoms with Gasteiger partial charge in [0.2, 0.25) is 0 Å². The van der Waals surface area contributed by atoms with Crippen LogP contribution in [0.1, 0.15) is 67.2 Å². The van der Waals surface area contributed by atoms with E-state index < -0.39 is 11.2 Å². The Hall–Kier alpha value is -1.79. The zero-order valence-electron chi connectivity index (χ0n) is 18.2. The molecule has 7 nitrogen and oxygen atoms in total. The Morgan fingerprint density at radius 3 is 1.39 bits per heavy atom. The lowest BCUT2D eigenvalue weighted by Crippen LogP contribution is -2.49. The average Bonchev–Trinajstić information content (AvgIpc) is 2.58. The van der Waals surface area contributed by atoms with Crippen molar-refractivity contribution in [1.82, 2.24) is 9.80 Å². The molecule has 2 saturated heterocycles. The molecular weight excluding hydrogens is 360 g/mol. The SMILES string of the molecule is CC(C)(C)OC(=O)N1CCCC(C(=O)C2CCCN(C(=O)OC(C)(C)C)C2)C1. The largest absolute Gasteiger partial charge is 0.444 e. The summed E-state index contributed by atoms with van der Waals surface area (Å²) in [5.41, 5.74) is -1.10. The van der Waals surface area contributed by atoms with E-state index in [0.717, 1.165) is 25.7 Å². The lowest BCUT2D eigenvalue weighted by Gasteiger charge is -2.37. The van der Waals surface area contributed by atoms with Gasteiger partial charge < -0.3 is 19.3 Å². The van der Waals surface area contributed by atoms with Crippen molar-refractivity contribution in [3.05, 3.63) is 0 Å². The molecule has 2 fully saturated rings. The number of nitrogens with zero attached hydrogens (tertiary/aromatic N) is 2. The van der Waals surface area contributed by atoms with Gasteiger partial charge in [-0.05, 0) is 67.2 Å². The van der Waals surface area contributed by atoms with Crippen LogP contribution >= 0.6 is 0 Å². The van der Waals surface area contributed by atoms with Gasteiger partial charge in [0.1, 0.15) is 17.0 Å². The molecule has 7 heteroatoms. The summed E-state index contributed by atoms with van der Waals surface area (Å²) in [6, 6.07) is 0. The molecular formula is C21H36N2O5. The summed E-state index contributed by atoms with van der Waals surface area (Å²) in [6.45, 7) is 13.1. The van der Waals surface area contributed by atoms with Crippen molar-refractivity contribution < 1.29 is 23.9 Å². The number of Topliss-reactive ketones (excluding diaryl/α,β-unsaturated/α-hetero) is 1. The highest BCUT2D eigenvalue weighted by Gasteiger charge is 2.37. The van der Waals surface area contributed by atoms with E-state index in [1.165, 1.54) is 0 Å². The van der Waals surface area contributed by atoms with Gasteiger partial charge in [0.05, 0.1) is 0 Å². The minimum Gasteiger partial charge on any atom is -0.444 e. The van der Waals surface area contributed by atoms with E-state index in [1.54, 1.807) is 9.80 Å². The number of piperidine rings is 2. The molecule has 0 bridgehead atoms. The monoisotopic (exact) mass is 396 g/mol. The molecule has 160 valence electrons. The van der Waals surface area contributed by atoms with Gasteiger partial charge in [0.25, 0.3) is 0 Å². The first-order valence-corrected chi connectivity index (χ1v) is 10.4. The number of hydrogen-bond donors (Lipinski definition) is 0. The van der Waals surface area contributed by atoms with Gasteiger partial charge in [0.15, 0.2) is 0 Å². The zero-order chi connectivity index (χ0) is 21.1. The van der Waals surface area contributed by atoms with Crippen LogP contribution < -0.4 is 0 Å². The van der Waals surface area contributed by atoms with Gasteiger partial charge in [-0.3, -0.25) is 4.79 Å².